The number of sulfonamides is 1. The molecule has 6 nitrogen and oxygen atoms in total. The van der Waals surface area contributed by atoms with Crippen molar-refractivity contribution < 1.29 is 17.2 Å². The van der Waals surface area contributed by atoms with Gasteiger partial charge in [0.15, 0.2) is 5.96 Å². The van der Waals surface area contributed by atoms with Crippen LogP contribution in [0.5, 0.6) is 0 Å². The third-order valence-electron chi connectivity index (χ3n) is 4.28. The van der Waals surface area contributed by atoms with E-state index in [4.69, 9.17) is 0 Å². The molecule has 2 aromatic rings. The molecule has 0 aliphatic rings. The van der Waals surface area contributed by atoms with Gasteiger partial charge in [0.25, 0.3) is 10.0 Å². The molecule has 0 atom stereocenters. The van der Waals surface area contributed by atoms with Crippen molar-refractivity contribution in [3.63, 3.8) is 0 Å². The van der Waals surface area contributed by atoms with Crippen LogP contribution in [0.3, 0.4) is 0 Å². The van der Waals surface area contributed by atoms with Crippen LogP contribution in [0, 0.1) is 11.6 Å². The van der Waals surface area contributed by atoms with E-state index in [0.717, 1.165) is 23.1 Å². The molecule has 2 rings (SSSR count). The summed E-state index contributed by atoms with van der Waals surface area (Å²) >= 11 is 1.25. The predicted molar refractivity (Wildman–Crippen MR) is 128 cm³/mol. The molecule has 0 saturated carbocycles. The van der Waals surface area contributed by atoms with Gasteiger partial charge in [0, 0.05) is 43.7 Å². The summed E-state index contributed by atoms with van der Waals surface area (Å²) < 4.78 is 53.8. The van der Waals surface area contributed by atoms with E-state index in [0.29, 0.717) is 36.2 Å². The summed E-state index contributed by atoms with van der Waals surface area (Å²) in [5.74, 6) is -0.546. The van der Waals surface area contributed by atoms with Gasteiger partial charge in [-0.25, -0.2) is 17.2 Å². The molecule has 0 spiro atoms. The average molecular weight is 572 g/mol. The topological polar surface area (TPSA) is 73.8 Å². The lowest BCUT2D eigenvalue weighted by molar-refractivity contribution is 0.447. The van der Waals surface area contributed by atoms with Gasteiger partial charge in [-0.1, -0.05) is 13.8 Å². The lowest BCUT2D eigenvalue weighted by Gasteiger charge is -2.16. The fourth-order valence-electron chi connectivity index (χ4n) is 2.70. The number of hydrogen-bond acceptors (Lipinski definition) is 4. The van der Waals surface area contributed by atoms with Crippen molar-refractivity contribution in [1.29, 1.82) is 0 Å². The average Bonchev–Trinajstić information content (AvgIpc) is 3.17. The number of nitrogens with zero attached hydrogens (tertiary/aromatic N) is 2. The van der Waals surface area contributed by atoms with Gasteiger partial charge in [-0.2, -0.15) is 4.31 Å². The zero-order valence-electron chi connectivity index (χ0n) is 17.1. The fourth-order valence-corrected chi connectivity index (χ4v) is 5.67. The summed E-state index contributed by atoms with van der Waals surface area (Å²) in [6, 6.07) is 6.73. The molecule has 1 heterocycles. The fraction of sp³-hybridized carbons (Fsp3) is 0.421. The maximum Gasteiger partial charge on any atom is 0.252 e. The van der Waals surface area contributed by atoms with Gasteiger partial charge in [-0.15, -0.1) is 35.3 Å². The molecule has 1 aromatic carbocycles. The predicted octanol–water partition coefficient (Wildman–Crippen LogP) is 3.58. The smallest absolute Gasteiger partial charge is 0.252 e. The van der Waals surface area contributed by atoms with Gasteiger partial charge < -0.3 is 10.6 Å². The third-order valence-corrected chi connectivity index (χ3v) is 7.94. The highest BCUT2D eigenvalue weighted by atomic mass is 127. The van der Waals surface area contributed by atoms with E-state index in [2.05, 4.69) is 15.6 Å². The first-order valence-corrected chi connectivity index (χ1v) is 11.5. The molecular weight excluding hydrogens is 545 g/mol. The summed E-state index contributed by atoms with van der Waals surface area (Å²) in [6.45, 7) is 5.09. The molecule has 0 saturated heterocycles. The number of hydrogen-bond donors (Lipinski definition) is 2. The number of benzene rings is 1. The van der Waals surface area contributed by atoms with Gasteiger partial charge in [0.2, 0.25) is 0 Å². The van der Waals surface area contributed by atoms with Crippen molar-refractivity contribution in [2.24, 2.45) is 4.99 Å². The normalized spacial score (nSPS) is 12.0. The maximum atomic E-state index is 13.7. The number of thiophene rings is 1. The van der Waals surface area contributed by atoms with Crippen LogP contribution < -0.4 is 10.6 Å². The Kier molecular flexibility index (Phi) is 11.2. The number of nitrogens with one attached hydrogen (secondary N) is 2. The van der Waals surface area contributed by atoms with E-state index in [1.54, 1.807) is 19.2 Å². The summed E-state index contributed by atoms with van der Waals surface area (Å²) in [5.41, 5.74) is 0.206. The minimum absolute atomic E-state index is 0. The molecule has 1 aromatic heterocycles. The van der Waals surface area contributed by atoms with E-state index in [1.165, 1.54) is 15.6 Å². The summed E-state index contributed by atoms with van der Waals surface area (Å²) in [4.78, 5) is 4.98. The van der Waals surface area contributed by atoms with Crippen LogP contribution in [0.4, 0.5) is 8.78 Å². The van der Waals surface area contributed by atoms with Gasteiger partial charge in [-0.3, -0.25) is 4.99 Å². The second-order valence-electron chi connectivity index (χ2n) is 6.15. The molecule has 0 aliphatic heterocycles. The molecule has 11 heteroatoms. The Bertz CT molecular complexity index is 948. The van der Waals surface area contributed by atoms with Crippen molar-refractivity contribution in [3.05, 3.63) is 52.4 Å². The Balaban J connectivity index is 0.00000450. The summed E-state index contributed by atoms with van der Waals surface area (Å²) in [5, 5.41) is 6.02. The minimum atomic E-state index is -3.44. The molecule has 0 radical (unpaired) electrons. The highest BCUT2D eigenvalue weighted by Gasteiger charge is 2.23. The Morgan fingerprint density at radius 1 is 1.13 bits per heavy atom. The first kappa shape index (κ1) is 26.7. The monoisotopic (exact) mass is 572 g/mol. The highest BCUT2D eigenvalue weighted by Crippen LogP contribution is 2.25. The third kappa shape index (κ3) is 7.13. The second-order valence-corrected chi connectivity index (χ2v) is 9.48. The van der Waals surface area contributed by atoms with Gasteiger partial charge >= 0.3 is 0 Å². The minimum Gasteiger partial charge on any atom is -0.356 e. The van der Waals surface area contributed by atoms with Crippen LogP contribution >= 0.6 is 35.3 Å². The first-order chi connectivity index (χ1) is 13.8. The van der Waals surface area contributed by atoms with Crippen molar-refractivity contribution in [2.75, 3.05) is 26.7 Å². The van der Waals surface area contributed by atoms with Crippen LogP contribution in [-0.4, -0.2) is 45.4 Å². The standard InChI is InChI=1S/C19H26F2N4O2S2.HI/c1-4-25(5-2)29(26,27)18-9-7-16(28-18)10-11-23-19(22-3)24-13-14-12-15(20)6-8-17(14)21;/h6-9,12H,4-5,10-11,13H2,1-3H3,(H2,22,23,24);1H. The highest BCUT2D eigenvalue weighted by molar-refractivity contribution is 14.0. The van der Waals surface area contributed by atoms with Crippen molar-refractivity contribution in [2.45, 2.75) is 31.0 Å². The van der Waals surface area contributed by atoms with Crippen LogP contribution in [0.25, 0.3) is 0 Å². The molecule has 0 amide bonds. The molecular formula is C19H27F2IN4O2S2. The van der Waals surface area contributed by atoms with Gasteiger partial charge in [-0.05, 0) is 36.8 Å². The van der Waals surface area contributed by atoms with E-state index in [9.17, 15) is 17.2 Å². The van der Waals surface area contributed by atoms with Crippen molar-refractivity contribution in [3.8, 4) is 0 Å². The number of halogens is 3. The Labute approximate surface area is 197 Å². The lowest BCUT2D eigenvalue weighted by atomic mass is 10.2. The zero-order valence-corrected chi connectivity index (χ0v) is 21.1. The van der Waals surface area contributed by atoms with E-state index in [1.807, 2.05) is 13.8 Å². The molecule has 30 heavy (non-hydrogen) atoms. The number of rotatable bonds is 9. The largest absolute Gasteiger partial charge is 0.356 e. The van der Waals surface area contributed by atoms with E-state index >= 15 is 0 Å². The van der Waals surface area contributed by atoms with Crippen LogP contribution in [0.1, 0.15) is 24.3 Å². The Morgan fingerprint density at radius 3 is 2.47 bits per heavy atom. The van der Waals surface area contributed by atoms with Gasteiger partial charge in [0.05, 0.1) is 0 Å². The van der Waals surface area contributed by atoms with E-state index in [-0.39, 0.29) is 36.1 Å². The SMILES string of the molecule is CCN(CC)S(=O)(=O)c1ccc(CCNC(=NC)NCc2cc(F)ccc2F)s1.I. The molecule has 0 fully saturated rings. The molecule has 0 bridgehead atoms. The Hall–Kier alpha value is -1.31. The summed E-state index contributed by atoms with van der Waals surface area (Å²) in [6.07, 6.45) is 0.605. The Morgan fingerprint density at radius 2 is 1.83 bits per heavy atom. The van der Waals surface area contributed by atoms with Crippen LogP contribution in [0.15, 0.2) is 39.5 Å². The van der Waals surface area contributed by atoms with Crippen molar-refractivity contribution >= 4 is 51.3 Å². The number of guanidine groups is 1. The van der Waals surface area contributed by atoms with Gasteiger partial charge in [0.1, 0.15) is 15.8 Å². The lowest BCUT2D eigenvalue weighted by Crippen LogP contribution is -2.38. The van der Waals surface area contributed by atoms with Crippen LogP contribution in [0.2, 0.25) is 0 Å². The zero-order chi connectivity index (χ0) is 21.4. The number of aliphatic imine (C=N–C) groups is 1. The molecule has 2 N–H and O–H groups in total. The first-order valence-electron chi connectivity index (χ1n) is 9.29. The molecule has 0 unspecified atom stereocenters. The van der Waals surface area contributed by atoms with E-state index < -0.39 is 21.7 Å². The maximum absolute atomic E-state index is 13.7. The van der Waals surface area contributed by atoms with Crippen LogP contribution in [-0.2, 0) is 23.0 Å². The van der Waals surface area contributed by atoms with Crippen molar-refractivity contribution in [1.82, 2.24) is 14.9 Å². The molecule has 0 aliphatic carbocycles. The summed E-state index contributed by atoms with van der Waals surface area (Å²) in [7, 11) is -1.86. The molecule has 168 valence electrons. The second kappa shape index (κ2) is 12.5. The quantitative estimate of drug-likeness (QED) is 0.274.